The predicted octanol–water partition coefficient (Wildman–Crippen LogP) is 2.13. The third-order valence-corrected chi connectivity index (χ3v) is 2.82. The number of thiocarbonyl (C=S) groups is 1. The molecule has 0 amide bonds. The van der Waals surface area contributed by atoms with Crippen LogP contribution in [-0.4, -0.2) is 11.7 Å². The van der Waals surface area contributed by atoms with Gasteiger partial charge in [0.05, 0.1) is 5.16 Å². The predicted molar refractivity (Wildman–Crippen MR) is 72.8 cm³/mol. The zero-order valence-electron chi connectivity index (χ0n) is 12.1. The SMILES string of the molecule is CCCCCCCCCCCCN=C=S.[H-].[Na+]. The van der Waals surface area contributed by atoms with Gasteiger partial charge < -0.3 is 1.43 Å². The smallest absolute Gasteiger partial charge is 1.00 e. The Hall–Kier alpha value is 0.800. The van der Waals surface area contributed by atoms with Crippen molar-refractivity contribution in [1.29, 1.82) is 0 Å². The zero-order chi connectivity index (χ0) is 11.2. The first-order valence-corrected chi connectivity index (χ1v) is 6.86. The summed E-state index contributed by atoms with van der Waals surface area (Å²) in [6, 6.07) is 0. The fourth-order valence-corrected chi connectivity index (χ4v) is 1.82. The van der Waals surface area contributed by atoms with E-state index >= 15 is 0 Å². The van der Waals surface area contributed by atoms with Crippen LogP contribution in [0.5, 0.6) is 0 Å². The molecule has 0 atom stereocenters. The van der Waals surface area contributed by atoms with Crippen LogP contribution in [0.2, 0.25) is 0 Å². The van der Waals surface area contributed by atoms with E-state index in [4.69, 9.17) is 0 Å². The van der Waals surface area contributed by atoms with E-state index in [1.165, 1.54) is 64.2 Å². The van der Waals surface area contributed by atoms with Crippen molar-refractivity contribution in [2.24, 2.45) is 4.99 Å². The van der Waals surface area contributed by atoms with E-state index in [2.05, 4.69) is 29.3 Å². The van der Waals surface area contributed by atoms with Crippen LogP contribution in [0.15, 0.2) is 4.99 Å². The Labute approximate surface area is 130 Å². The standard InChI is InChI=1S/C13H25NS.Na.H/c1-2-3-4-5-6-7-8-9-10-11-12-14-13-15;;/h2-12H2,1H3;;/q;+1;-1. The number of hydrogen-bond acceptors (Lipinski definition) is 2. The summed E-state index contributed by atoms with van der Waals surface area (Å²) < 4.78 is 0. The Morgan fingerprint density at radius 2 is 1.31 bits per heavy atom. The third kappa shape index (κ3) is 17.2. The summed E-state index contributed by atoms with van der Waals surface area (Å²) in [6.07, 6.45) is 13.7. The van der Waals surface area contributed by atoms with E-state index in [1.807, 2.05) is 0 Å². The van der Waals surface area contributed by atoms with Crippen LogP contribution in [0.3, 0.4) is 0 Å². The minimum Gasteiger partial charge on any atom is -1.00 e. The number of unbranched alkanes of at least 4 members (excludes halogenated alkanes) is 9. The van der Waals surface area contributed by atoms with Crippen molar-refractivity contribution < 1.29 is 31.0 Å². The van der Waals surface area contributed by atoms with E-state index < -0.39 is 0 Å². The minimum atomic E-state index is 0. The van der Waals surface area contributed by atoms with Crippen LogP contribution in [0.25, 0.3) is 0 Å². The molecule has 0 aliphatic carbocycles. The van der Waals surface area contributed by atoms with Crippen molar-refractivity contribution in [2.75, 3.05) is 6.54 Å². The minimum absolute atomic E-state index is 0. The van der Waals surface area contributed by atoms with Crippen molar-refractivity contribution in [1.82, 2.24) is 0 Å². The molecule has 0 saturated carbocycles. The Morgan fingerprint density at radius 1 is 0.875 bits per heavy atom. The van der Waals surface area contributed by atoms with Gasteiger partial charge in [0.25, 0.3) is 0 Å². The zero-order valence-corrected chi connectivity index (χ0v) is 14.0. The average Bonchev–Trinajstić information content (AvgIpc) is 2.26. The topological polar surface area (TPSA) is 12.4 Å². The Morgan fingerprint density at radius 3 is 1.75 bits per heavy atom. The van der Waals surface area contributed by atoms with Gasteiger partial charge >= 0.3 is 29.6 Å². The van der Waals surface area contributed by atoms with Crippen LogP contribution in [0.1, 0.15) is 72.6 Å². The molecule has 0 aromatic carbocycles. The molecule has 0 unspecified atom stereocenters. The van der Waals surface area contributed by atoms with Gasteiger partial charge in [0.1, 0.15) is 0 Å². The molecule has 0 N–H and O–H groups in total. The second kappa shape index (κ2) is 18.2. The van der Waals surface area contributed by atoms with Crippen molar-refractivity contribution in [3.8, 4) is 0 Å². The van der Waals surface area contributed by atoms with E-state index in [0.29, 0.717) is 0 Å². The molecule has 0 aliphatic heterocycles. The van der Waals surface area contributed by atoms with Crippen LogP contribution < -0.4 is 29.6 Å². The first-order valence-electron chi connectivity index (χ1n) is 6.45. The summed E-state index contributed by atoms with van der Waals surface area (Å²) in [7, 11) is 0. The maximum atomic E-state index is 4.51. The molecule has 3 heteroatoms. The van der Waals surface area contributed by atoms with Gasteiger partial charge in [-0.1, -0.05) is 64.7 Å². The Kier molecular flexibility index (Phi) is 21.7. The monoisotopic (exact) mass is 251 g/mol. The molecule has 1 nitrogen and oxygen atoms in total. The van der Waals surface area contributed by atoms with Crippen molar-refractivity contribution in [3.63, 3.8) is 0 Å². The van der Waals surface area contributed by atoms with Crippen LogP contribution in [0, 0.1) is 0 Å². The van der Waals surface area contributed by atoms with Crippen LogP contribution in [0.4, 0.5) is 0 Å². The molecule has 0 radical (unpaired) electrons. The average molecular weight is 251 g/mol. The largest absolute Gasteiger partial charge is 1.00 e. The van der Waals surface area contributed by atoms with Crippen molar-refractivity contribution in [2.45, 2.75) is 71.1 Å². The second-order valence-electron chi connectivity index (χ2n) is 4.15. The van der Waals surface area contributed by atoms with Gasteiger partial charge in [0.2, 0.25) is 0 Å². The Balaban J connectivity index is -0.000000980. The molecular weight excluding hydrogens is 225 g/mol. The van der Waals surface area contributed by atoms with Crippen molar-refractivity contribution in [3.05, 3.63) is 0 Å². The van der Waals surface area contributed by atoms with E-state index in [1.54, 1.807) is 0 Å². The maximum absolute atomic E-state index is 4.51. The second-order valence-corrected chi connectivity index (χ2v) is 4.34. The summed E-state index contributed by atoms with van der Waals surface area (Å²) in [6.45, 7) is 3.14. The molecule has 0 aliphatic rings. The molecule has 0 aromatic heterocycles. The first kappa shape index (κ1) is 19.1. The molecule has 16 heavy (non-hydrogen) atoms. The van der Waals surface area contributed by atoms with E-state index in [0.717, 1.165) is 6.54 Å². The maximum Gasteiger partial charge on any atom is 1.00 e. The molecule has 0 rings (SSSR count). The molecule has 0 saturated heterocycles. The summed E-state index contributed by atoms with van der Waals surface area (Å²) in [5.74, 6) is 0. The van der Waals surface area contributed by atoms with Gasteiger partial charge in [-0.15, -0.1) is 0 Å². The van der Waals surface area contributed by atoms with Gasteiger partial charge in [-0.3, -0.25) is 0 Å². The molecule has 0 bridgehead atoms. The molecule has 0 spiro atoms. The van der Waals surface area contributed by atoms with E-state index in [-0.39, 0.29) is 31.0 Å². The summed E-state index contributed by atoms with van der Waals surface area (Å²) >= 11 is 4.51. The molecular formula is C13H26NNaS. The number of aliphatic imine (C=N–C) groups is 1. The molecule has 0 aromatic rings. The van der Waals surface area contributed by atoms with Crippen LogP contribution in [-0.2, 0) is 0 Å². The molecule has 90 valence electrons. The number of isothiocyanates is 1. The van der Waals surface area contributed by atoms with Crippen LogP contribution >= 0.6 is 12.2 Å². The van der Waals surface area contributed by atoms with E-state index in [9.17, 15) is 0 Å². The van der Waals surface area contributed by atoms with Gasteiger partial charge in [0.15, 0.2) is 0 Å². The van der Waals surface area contributed by atoms with Gasteiger partial charge in [-0.05, 0) is 18.6 Å². The quantitative estimate of drug-likeness (QED) is 0.237. The number of hydrogen-bond donors (Lipinski definition) is 0. The third-order valence-electron chi connectivity index (χ3n) is 2.69. The summed E-state index contributed by atoms with van der Waals surface area (Å²) in [4.78, 5) is 3.90. The molecule has 0 heterocycles. The summed E-state index contributed by atoms with van der Waals surface area (Å²) in [5, 5.41) is 2.41. The first-order chi connectivity index (χ1) is 7.41. The number of nitrogens with zero attached hydrogens (tertiary/aromatic N) is 1. The van der Waals surface area contributed by atoms with Crippen molar-refractivity contribution >= 4 is 17.4 Å². The molecule has 0 fully saturated rings. The van der Waals surface area contributed by atoms with Gasteiger partial charge in [-0.2, -0.15) is 0 Å². The normalized spacial score (nSPS) is 9.31. The Bertz CT molecular complexity index is 173. The number of rotatable bonds is 11. The summed E-state index contributed by atoms with van der Waals surface area (Å²) in [5.41, 5.74) is 0. The van der Waals surface area contributed by atoms with Gasteiger partial charge in [0, 0.05) is 6.54 Å². The fourth-order valence-electron chi connectivity index (χ4n) is 1.72. The fraction of sp³-hybridized carbons (Fsp3) is 0.923. The van der Waals surface area contributed by atoms with Gasteiger partial charge in [-0.25, -0.2) is 4.99 Å².